The molecule has 9 heteroatoms. The lowest BCUT2D eigenvalue weighted by molar-refractivity contribution is -0.384. The van der Waals surface area contributed by atoms with Crippen LogP contribution in [0.3, 0.4) is 0 Å². The normalized spacial score (nSPS) is 11.2. The summed E-state index contributed by atoms with van der Waals surface area (Å²) in [5.41, 5.74) is 4.79. The number of nitrogens with zero attached hydrogens (tertiary/aromatic N) is 2. The van der Waals surface area contributed by atoms with Gasteiger partial charge in [0.2, 0.25) is 5.91 Å². The number of hydrogen-bond acceptors (Lipinski definition) is 4. The van der Waals surface area contributed by atoms with Gasteiger partial charge in [-0.15, -0.1) is 0 Å². The fourth-order valence-electron chi connectivity index (χ4n) is 2.30. The molecule has 0 aliphatic rings. The smallest absolute Gasteiger partial charge is 0.366 e. The molecule has 0 atom stereocenters. The van der Waals surface area contributed by atoms with Gasteiger partial charge in [0, 0.05) is 25.2 Å². The average molecular weight is 353 g/mol. The highest BCUT2D eigenvalue weighted by Crippen LogP contribution is 2.31. The zero-order valence-corrected chi connectivity index (χ0v) is 13.1. The van der Waals surface area contributed by atoms with E-state index in [-0.39, 0.29) is 23.5 Å². The van der Waals surface area contributed by atoms with Crippen molar-refractivity contribution in [2.75, 3.05) is 11.9 Å². The van der Waals surface area contributed by atoms with Gasteiger partial charge in [-0.2, -0.15) is 13.2 Å². The quantitative estimate of drug-likeness (QED) is 0.659. The van der Waals surface area contributed by atoms with Crippen LogP contribution in [0.2, 0.25) is 0 Å². The zero-order chi connectivity index (χ0) is 18.8. The summed E-state index contributed by atoms with van der Waals surface area (Å²) >= 11 is 0. The maximum atomic E-state index is 12.6. The van der Waals surface area contributed by atoms with Crippen LogP contribution in [0.15, 0.2) is 42.5 Å². The number of anilines is 1. The van der Waals surface area contributed by atoms with Crippen molar-refractivity contribution in [3.8, 4) is 0 Å². The number of primary amides is 1. The molecule has 0 aromatic heterocycles. The van der Waals surface area contributed by atoms with E-state index >= 15 is 0 Å². The second kappa shape index (κ2) is 6.80. The van der Waals surface area contributed by atoms with Crippen molar-refractivity contribution in [2.45, 2.75) is 12.7 Å². The lowest BCUT2D eigenvalue weighted by Crippen LogP contribution is -2.19. The van der Waals surface area contributed by atoms with E-state index in [0.29, 0.717) is 5.56 Å². The van der Waals surface area contributed by atoms with Gasteiger partial charge in [-0.1, -0.05) is 12.1 Å². The summed E-state index contributed by atoms with van der Waals surface area (Å²) in [7, 11) is 1.56. The Labute approximate surface area is 140 Å². The fraction of sp³-hybridized carbons (Fsp3) is 0.188. The molecular formula is C16H14F3N3O3. The molecule has 0 bridgehead atoms. The van der Waals surface area contributed by atoms with E-state index < -0.39 is 22.6 Å². The highest BCUT2D eigenvalue weighted by atomic mass is 19.4. The Morgan fingerprint density at radius 2 is 1.80 bits per heavy atom. The van der Waals surface area contributed by atoms with Gasteiger partial charge in [-0.3, -0.25) is 14.9 Å². The maximum Gasteiger partial charge on any atom is 0.416 e. The van der Waals surface area contributed by atoms with Crippen molar-refractivity contribution in [3.63, 3.8) is 0 Å². The van der Waals surface area contributed by atoms with Crippen LogP contribution in [0.5, 0.6) is 0 Å². The van der Waals surface area contributed by atoms with Crippen LogP contribution in [-0.4, -0.2) is 17.9 Å². The van der Waals surface area contributed by atoms with Crippen LogP contribution in [0.4, 0.5) is 24.5 Å². The molecule has 0 saturated carbocycles. The molecule has 2 aromatic rings. The Kier molecular flexibility index (Phi) is 4.96. The number of rotatable bonds is 5. The highest BCUT2D eigenvalue weighted by Gasteiger charge is 2.30. The Morgan fingerprint density at radius 1 is 1.20 bits per heavy atom. The molecule has 2 N–H and O–H groups in total. The summed E-state index contributed by atoms with van der Waals surface area (Å²) in [4.78, 5) is 23.2. The number of carbonyl (C=O) groups excluding carboxylic acids is 1. The molecule has 0 fully saturated rings. The minimum absolute atomic E-state index is 0.00150. The Balaban J connectivity index is 2.27. The van der Waals surface area contributed by atoms with Gasteiger partial charge < -0.3 is 10.6 Å². The number of nitro benzene ring substituents is 1. The number of carbonyl (C=O) groups is 1. The van der Waals surface area contributed by atoms with Gasteiger partial charge in [0.1, 0.15) is 5.69 Å². The van der Waals surface area contributed by atoms with Crippen LogP contribution < -0.4 is 10.6 Å². The SMILES string of the molecule is CN(Cc1ccc(C(F)(F)F)cc1)c1ccc(C(N)=O)cc1[N+](=O)[O-]. The second-order valence-electron chi connectivity index (χ2n) is 5.38. The number of alkyl halides is 3. The van der Waals surface area contributed by atoms with Crippen LogP contribution in [0.1, 0.15) is 21.5 Å². The Morgan fingerprint density at radius 3 is 2.28 bits per heavy atom. The first-order valence-corrected chi connectivity index (χ1v) is 7.05. The molecule has 0 radical (unpaired) electrons. The van der Waals surface area contributed by atoms with Gasteiger partial charge in [-0.05, 0) is 29.8 Å². The van der Waals surface area contributed by atoms with Gasteiger partial charge in [-0.25, -0.2) is 0 Å². The van der Waals surface area contributed by atoms with E-state index in [4.69, 9.17) is 5.73 Å². The zero-order valence-electron chi connectivity index (χ0n) is 13.1. The predicted molar refractivity (Wildman–Crippen MR) is 85.2 cm³/mol. The molecule has 25 heavy (non-hydrogen) atoms. The number of benzene rings is 2. The molecular weight excluding hydrogens is 339 g/mol. The molecule has 0 spiro atoms. The molecule has 6 nitrogen and oxygen atoms in total. The van der Waals surface area contributed by atoms with Crippen LogP contribution in [0.25, 0.3) is 0 Å². The molecule has 132 valence electrons. The molecule has 0 aliphatic heterocycles. The number of amides is 1. The standard InChI is InChI=1S/C16H14F3N3O3/c1-21(9-10-2-5-12(6-3-10)16(17,18)19)13-7-4-11(15(20)23)8-14(13)22(24)25/h2-8H,9H2,1H3,(H2,20,23). The van der Waals surface area contributed by atoms with Crippen LogP contribution in [-0.2, 0) is 12.7 Å². The molecule has 0 saturated heterocycles. The molecule has 0 heterocycles. The third-order valence-corrected chi connectivity index (χ3v) is 3.57. The van der Waals surface area contributed by atoms with Gasteiger partial charge >= 0.3 is 6.18 Å². The molecule has 1 amide bonds. The summed E-state index contributed by atoms with van der Waals surface area (Å²) < 4.78 is 37.7. The van der Waals surface area contributed by atoms with Crippen molar-refractivity contribution in [1.82, 2.24) is 0 Å². The lowest BCUT2D eigenvalue weighted by atomic mass is 10.1. The second-order valence-corrected chi connectivity index (χ2v) is 5.38. The molecule has 2 aromatic carbocycles. The van der Waals surface area contributed by atoms with E-state index in [1.807, 2.05) is 0 Å². The maximum absolute atomic E-state index is 12.6. The van der Waals surface area contributed by atoms with Crippen LogP contribution >= 0.6 is 0 Å². The fourth-order valence-corrected chi connectivity index (χ4v) is 2.30. The number of hydrogen-bond donors (Lipinski definition) is 1. The van der Waals surface area contributed by atoms with Crippen molar-refractivity contribution < 1.29 is 22.9 Å². The lowest BCUT2D eigenvalue weighted by Gasteiger charge is -2.20. The van der Waals surface area contributed by atoms with E-state index in [1.165, 1.54) is 29.2 Å². The Bertz CT molecular complexity index is 805. The summed E-state index contributed by atoms with van der Waals surface area (Å²) in [6, 6.07) is 8.32. The molecule has 2 rings (SSSR count). The Hall–Kier alpha value is -3.10. The predicted octanol–water partition coefficient (Wildman–Crippen LogP) is 3.35. The molecule has 0 unspecified atom stereocenters. The van der Waals surface area contributed by atoms with Crippen molar-refractivity contribution >= 4 is 17.3 Å². The van der Waals surface area contributed by atoms with Gasteiger partial charge in [0.15, 0.2) is 0 Å². The minimum Gasteiger partial charge on any atom is -0.366 e. The summed E-state index contributed by atoms with van der Waals surface area (Å²) in [6.45, 7) is 0.148. The van der Waals surface area contributed by atoms with Crippen molar-refractivity contribution in [2.24, 2.45) is 5.73 Å². The topological polar surface area (TPSA) is 89.5 Å². The van der Waals surface area contributed by atoms with Crippen molar-refractivity contribution in [1.29, 1.82) is 0 Å². The number of nitrogens with two attached hydrogens (primary N) is 1. The van der Waals surface area contributed by atoms with Crippen molar-refractivity contribution in [3.05, 3.63) is 69.3 Å². The number of nitro groups is 1. The van der Waals surface area contributed by atoms with E-state index in [2.05, 4.69) is 0 Å². The van der Waals surface area contributed by atoms with E-state index in [1.54, 1.807) is 7.05 Å². The van der Waals surface area contributed by atoms with E-state index in [0.717, 1.165) is 18.2 Å². The molecule has 0 aliphatic carbocycles. The minimum atomic E-state index is -4.42. The summed E-state index contributed by atoms with van der Waals surface area (Å²) in [5, 5.41) is 11.2. The monoisotopic (exact) mass is 353 g/mol. The number of halogens is 3. The highest BCUT2D eigenvalue weighted by molar-refractivity contribution is 5.94. The third-order valence-electron chi connectivity index (χ3n) is 3.57. The van der Waals surface area contributed by atoms with Gasteiger partial charge in [0.25, 0.3) is 5.69 Å². The first-order valence-electron chi connectivity index (χ1n) is 7.05. The van der Waals surface area contributed by atoms with Gasteiger partial charge in [0.05, 0.1) is 10.5 Å². The summed E-state index contributed by atoms with van der Waals surface area (Å²) in [6.07, 6.45) is -4.42. The average Bonchev–Trinajstić information content (AvgIpc) is 2.53. The third kappa shape index (κ3) is 4.25. The first-order chi connectivity index (χ1) is 11.6. The first kappa shape index (κ1) is 18.2. The summed E-state index contributed by atoms with van der Waals surface area (Å²) in [5.74, 6) is -0.792. The van der Waals surface area contributed by atoms with Crippen LogP contribution in [0, 0.1) is 10.1 Å². The van der Waals surface area contributed by atoms with E-state index in [9.17, 15) is 28.1 Å². The largest absolute Gasteiger partial charge is 0.416 e.